The Labute approximate surface area is 199 Å². The van der Waals surface area contributed by atoms with Crippen LogP contribution in [0.25, 0.3) is 10.9 Å². The average molecular weight is 523 g/mol. The topological polar surface area (TPSA) is 56.5 Å². The van der Waals surface area contributed by atoms with Gasteiger partial charge in [0, 0.05) is 10.4 Å². The molecule has 0 bridgehead atoms. The maximum absolute atomic E-state index is 13.4. The summed E-state index contributed by atoms with van der Waals surface area (Å²) in [6.45, 7) is 2.33. The third kappa shape index (κ3) is 4.81. The molecule has 0 aliphatic heterocycles. The maximum atomic E-state index is 13.4. The molecule has 5 nitrogen and oxygen atoms in total. The zero-order valence-corrected chi connectivity index (χ0v) is 20.2. The van der Waals surface area contributed by atoms with Crippen molar-refractivity contribution in [3.05, 3.63) is 66.6 Å². The normalized spacial score (nSPS) is 15.1. The molecule has 0 amide bonds. The molecule has 0 saturated heterocycles. The van der Waals surface area contributed by atoms with Crippen molar-refractivity contribution in [2.75, 3.05) is 6.61 Å². The minimum atomic E-state index is -0.189. The summed E-state index contributed by atoms with van der Waals surface area (Å²) < 4.78 is 7.74. The van der Waals surface area contributed by atoms with Crippen LogP contribution in [0, 0.1) is 0 Å². The molecule has 0 atom stereocenters. The lowest BCUT2D eigenvalue weighted by molar-refractivity contribution is 0.340. The molecule has 0 unspecified atom stereocenters. The molecule has 3 aromatic rings. The fraction of sp³-hybridized carbons (Fsp3) is 0.348. The van der Waals surface area contributed by atoms with Crippen molar-refractivity contribution >= 4 is 56.2 Å². The second-order valence-corrected chi connectivity index (χ2v) is 9.30. The number of fused-ring (bicyclic) bond motifs is 1. The quantitative estimate of drug-likeness (QED) is 0.346. The smallest absolute Gasteiger partial charge is 0.282 e. The highest BCUT2D eigenvalue weighted by Gasteiger charge is 2.22. The Hall–Kier alpha value is -1.89. The Bertz CT molecular complexity index is 1180. The van der Waals surface area contributed by atoms with E-state index >= 15 is 0 Å². The third-order valence-electron chi connectivity index (χ3n) is 5.44. The van der Waals surface area contributed by atoms with Crippen LogP contribution in [0.2, 0.25) is 10.0 Å². The molecule has 1 fully saturated rings. The number of rotatable bonds is 5. The Morgan fingerprint density at radius 3 is 2.58 bits per heavy atom. The second-order valence-electron chi connectivity index (χ2n) is 7.57. The fourth-order valence-electron chi connectivity index (χ4n) is 3.96. The summed E-state index contributed by atoms with van der Waals surface area (Å²) in [5.41, 5.74) is 1.17. The number of benzene rings is 2. The van der Waals surface area contributed by atoms with Gasteiger partial charge in [-0.1, -0.05) is 58.4 Å². The zero-order chi connectivity index (χ0) is 22.0. The van der Waals surface area contributed by atoms with Crippen LogP contribution in [0.15, 0.2) is 44.7 Å². The van der Waals surface area contributed by atoms with Gasteiger partial charge in [0.25, 0.3) is 5.56 Å². The molecular formula is C23H22BrCl2N3O2. The highest BCUT2D eigenvalue weighted by atomic mass is 79.9. The molecule has 1 saturated carbocycles. The van der Waals surface area contributed by atoms with Crippen LogP contribution in [-0.2, 0) is 0 Å². The average Bonchev–Trinajstić information content (AvgIpc) is 2.76. The summed E-state index contributed by atoms with van der Waals surface area (Å²) in [6, 6.07) is 8.99. The zero-order valence-electron chi connectivity index (χ0n) is 17.1. The molecule has 0 radical (unpaired) electrons. The van der Waals surface area contributed by atoms with Gasteiger partial charge in [-0.15, -0.1) is 0 Å². The van der Waals surface area contributed by atoms with E-state index in [9.17, 15) is 4.79 Å². The lowest BCUT2D eigenvalue weighted by Crippen LogP contribution is -2.25. The highest BCUT2D eigenvalue weighted by molar-refractivity contribution is 9.10. The van der Waals surface area contributed by atoms with E-state index in [0.717, 1.165) is 30.2 Å². The van der Waals surface area contributed by atoms with Crippen LogP contribution in [0.4, 0.5) is 0 Å². The highest BCUT2D eigenvalue weighted by Crippen LogP contribution is 2.34. The lowest BCUT2D eigenvalue weighted by atomic mass is 9.88. The van der Waals surface area contributed by atoms with Crippen molar-refractivity contribution in [3.8, 4) is 5.75 Å². The molecule has 0 N–H and O–H groups in total. The lowest BCUT2D eigenvalue weighted by Gasteiger charge is -2.22. The van der Waals surface area contributed by atoms with Crippen LogP contribution < -0.4 is 10.3 Å². The first-order valence-electron chi connectivity index (χ1n) is 10.4. The van der Waals surface area contributed by atoms with E-state index in [1.54, 1.807) is 24.4 Å². The van der Waals surface area contributed by atoms with E-state index in [1.165, 1.54) is 11.1 Å². The first kappa shape index (κ1) is 22.3. The van der Waals surface area contributed by atoms with Crippen molar-refractivity contribution < 1.29 is 4.74 Å². The van der Waals surface area contributed by atoms with Crippen LogP contribution in [0.5, 0.6) is 5.75 Å². The summed E-state index contributed by atoms with van der Waals surface area (Å²) in [6.07, 6.45) is 7.08. The van der Waals surface area contributed by atoms with Crippen LogP contribution in [0.1, 0.15) is 56.3 Å². The summed E-state index contributed by atoms with van der Waals surface area (Å²) in [5.74, 6) is 1.36. The minimum Gasteiger partial charge on any atom is -0.491 e. The van der Waals surface area contributed by atoms with Gasteiger partial charge in [0.15, 0.2) is 5.75 Å². The van der Waals surface area contributed by atoms with Crippen molar-refractivity contribution in [3.63, 3.8) is 0 Å². The van der Waals surface area contributed by atoms with Crippen molar-refractivity contribution in [2.45, 2.75) is 44.9 Å². The Balaban J connectivity index is 1.82. The van der Waals surface area contributed by atoms with Gasteiger partial charge >= 0.3 is 0 Å². The van der Waals surface area contributed by atoms with Gasteiger partial charge in [-0.05, 0) is 55.7 Å². The molecule has 8 heteroatoms. The third-order valence-corrected chi connectivity index (χ3v) is 6.49. The van der Waals surface area contributed by atoms with E-state index < -0.39 is 0 Å². The maximum Gasteiger partial charge on any atom is 0.282 e. The first-order chi connectivity index (χ1) is 15.0. The molecule has 162 valence electrons. The van der Waals surface area contributed by atoms with E-state index in [1.807, 2.05) is 19.1 Å². The number of aromatic nitrogens is 2. The van der Waals surface area contributed by atoms with Crippen molar-refractivity contribution in [1.29, 1.82) is 0 Å². The van der Waals surface area contributed by atoms with Crippen LogP contribution in [-0.4, -0.2) is 22.5 Å². The Morgan fingerprint density at radius 1 is 1.19 bits per heavy atom. The number of ether oxygens (including phenoxy) is 1. The number of hydrogen-bond acceptors (Lipinski definition) is 4. The molecular weight excluding hydrogens is 501 g/mol. The number of nitrogens with zero attached hydrogens (tertiary/aromatic N) is 3. The minimum absolute atomic E-state index is 0.189. The van der Waals surface area contributed by atoms with Gasteiger partial charge < -0.3 is 4.74 Å². The molecule has 1 aliphatic carbocycles. The van der Waals surface area contributed by atoms with Gasteiger partial charge in [-0.2, -0.15) is 9.78 Å². The fourth-order valence-corrected chi connectivity index (χ4v) is 4.94. The standard InChI is InChI=1S/C23H22BrCl2N3O2/c1-2-31-21-18(25)10-14(11-19(21)26)13-27-29-22(15-6-4-3-5-7-15)28-20-9-8-16(24)12-17(20)23(29)30/h8-13,15H,2-7H2,1H3. The molecule has 0 spiro atoms. The number of halogens is 3. The largest absolute Gasteiger partial charge is 0.491 e. The predicted octanol–water partition coefficient (Wildman–Crippen LogP) is 6.79. The van der Waals surface area contributed by atoms with E-state index in [2.05, 4.69) is 21.0 Å². The van der Waals surface area contributed by atoms with E-state index in [4.69, 9.17) is 32.9 Å². The molecule has 1 heterocycles. The van der Waals surface area contributed by atoms with Gasteiger partial charge in [0.05, 0.1) is 33.8 Å². The molecule has 4 rings (SSSR count). The van der Waals surface area contributed by atoms with Crippen molar-refractivity contribution in [2.24, 2.45) is 5.10 Å². The van der Waals surface area contributed by atoms with Crippen LogP contribution >= 0.6 is 39.1 Å². The van der Waals surface area contributed by atoms with E-state index in [0.29, 0.717) is 44.7 Å². The van der Waals surface area contributed by atoms with Gasteiger partial charge in [-0.3, -0.25) is 4.79 Å². The molecule has 1 aromatic heterocycles. The molecule has 2 aromatic carbocycles. The van der Waals surface area contributed by atoms with Crippen LogP contribution in [0.3, 0.4) is 0 Å². The predicted molar refractivity (Wildman–Crippen MR) is 130 cm³/mol. The van der Waals surface area contributed by atoms with Gasteiger partial charge in [0.1, 0.15) is 5.82 Å². The Kier molecular flexibility index (Phi) is 6.99. The van der Waals surface area contributed by atoms with Gasteiger partial charge in [0.2, 0.25) is 0 Å². The second kappa shape index (κ2) is 9.72. The molecule has 31 heavy (non-hydrogen) atoms. The molecule has 1 aliphatic rings. The van der Waals surface area contributed by atoms with E-state index in [-0.39, 0.29) is 11.5 Å². The van der Waals surface area contributed by atoms with Crippen molar-refractivity contribution in [1.82, 2.24) is 9.66 Å². The summed E-state index contributed by atoms with van der Waals surface area (Å²) in [5, 5.41) is 5.85. The van der Waals surface area contributed by atoms with Gasteiger partial charge in [-0.25, -0.2) is 4.98 Å². The SMILES string of the molecule is CCOc1c(Cl)cc(C=Nn2c(C3CCCCC3)nc3ccc(Br)cc3c2=O)cc1Cl. The monoisotopic (exact) mass is 521 g/mol. The number of hydrogen-bond donors (Lipinski definition) is 0. The summed E-state index contributed by atoms with van der Waals surface area (Å²) in [4.78, 5) is 18.2. The summed E-state index contributed by atoms with van der Waals surface area (Å²) in [7, 11) is 0. The Morgan fingerprint density at radius 2 is 1.90 bits per heavy atom. The first-order valence-corrected chi connectivity index (χ1v) is 11.9. The summed E-state index contributed by atoms with van der Waals surface area (Å²) >= 11 is 16.1.